The smallest absolute Gasteiger partial charge is 0.166 e. The molecule has 1 aliphatic rings. The minimum absolute atomic E-state index is 0.0384. The molecule has 1 aliphatic carbocycles. The Labute approximate surface area is 165 Å². The van der Waals surface area contributed by atoms with Crippen LogP contribution < -0.4 is 9.47 Å². The largest absolute Gasteiger partial charge is 0.493 e. The fraction of sp³-hybridized carbons (Fsp3) is 0.400. The minimum atomic E-state index is -0.829. The normalized spacial score (nSPS) is 16.5. The lowest BCUT2D eigenvalue weighted by atomic mass is 10.1. The van der Waals surface area contributed by atoms with Crippen molar-refractivity contribution in [3.05, 3.63) is 53.1 Å². The highest BCUT2D eigenvalue weighted by molar-refractivity contribution is 14.1. The van der Waals surface area contributed by atoms with E-state index in [1.807, 2.05) is 0 Å². The maximum absolute atomic E-state index is 14.2. The van der Waals surface area contributed by atoms with Gasteiger partial charge >= 0.3 is 0 Å². The average Bonchev–Trinajstić information content (AvgIpc) is 2.95. The standard InChI is InChI=1S/C20H21F2IO3/c1-20(2,24)9-10-25-12-3-5-14(21)18(11-12)26-17-8-6-15(22)19-13(17)4-7-16(19)23/h3,5-6,8,11,16,24H,4,7,9-10H2,1-2H3/t16-/m1/s1. The molecule has 0 aliphatic heterocycles. The van der Waals surface area contributed by atoms with Crippen LogP contribution in [0, 0.1) is 11.6 Å². The number of benzene rings is 2. The van der Waals surface area contributed by atoms with E-state index in [1.54, 1.807) is 19.9 Å². The molecule has 0 spiro atoms. The van der Waals surface area contributed by atoms with Gasteiger partial charge < -0.3 is 14.6 Å². The van der Waals surface area contributed by atoms with Crippen LogP contribution in [0.15, 0.2) is 30.3 Å². The molecule has 0 unspecified atom stereocenters. The molecule has 0 radical (unpaired) electrons. The van der Waals surface area contributed by atoms with Crippen LogP contribution in [0.4, 0.5) is 8.78 Å². The van der Waals surface area contributed by atoms with Crippen LogP contribution in [0.3, 0.4) is 0 Å². The Hall–Kier alpha value is -1.41. The van der Waals surface area contributed by atoms with E-state index >= 15 is 0 Å². The highest BCUT2D eigenvalue weighted by Crippen LogP contribution is 2.44. The molecule has 0 heterocycles. The molecule has 0 amide bonds. The zero-order valence-electron chi connectivity index (χ0n) is 14.7. The summed E-state index contributed by atoms with van der Waals surface area (Å²) in [5, 5.41) is 9.73. The number of halogens is 3. The third-order valence-corrected chi connectivity index (χ3v) is 5.57. The van der Waals surface area contributed by atoms with E-state index < -0.39 is 11.4 Å². The summed E-state index contributed by atoms with van der Waals surface area (Å²) in [6.45, 7) is 3.70. The Bertz CT molecular complexity index is 802. The first-order chi connectivity index (χ1) is 12.2. The zero-order chi connectivity index (χ0) is 18.9. The van der Waals surface area contributed by atoms with Crippen LogP contribution >= 0.6 is 22.6 Å². The highest BCUT2D eigenvalue weighted by atomic mass is 127. The zero-order valence-corrected chi connectivity index (χ0v) is 16.8. The van der Waals surface area contributed by atoms with Crippen LogP contribution in [-0.2, 0) is 6.42 Å². The van der Waals surface area contributed by atoms with E-state index in [1.165, 1.54) is 24.3 Å². The molecule has 140 valence electrons. The molecule has 0 fully saturated rings. The van der Waals surface area contributed by atoms with Crippen molar-refractivity contribution in [1.82, 2.24) is 0 Å². The number of alkyl halides is 1. The van der Waals surface area contributed by atoms with Crippen molar-refractivity contribution in [3.8, 4) is 17.2 Å². The summed E-state index contributed by atoms with van der Waals surface area (Å²) >= 11 is 2.22. The first kappa shape index (κ1) is 19.4. The van der Waals surface area contributed by atoms with Gasteiger partial charge in [0.25, 0.3) is 0 Å². The van der Waals surface area contributed by atoms with Gasteiger partial charge in [-0.15, -0.1) is 0 Å². The molecule has 2 aromatic carbocycles. The van der Waals surface area contributed by atoms with E-state index in [0.717, 1.165) is 12.0 Å². The van der Waals surface area contributed by atoms with Gasteiger partial charge in [-0.05, 0) is 51.0 Å². The van der Waals surface area contributed by atoms with Crippen molar-refractivity contribution in [3.63, 3.8) is 0 Å². The van der Waals surface area contributed by atoms with Crippen molar-refractivity contribution >= 4 is 22.6 Å². The van der Waals surface area contributed by atoms with E-state index in [9.17, 15) is 13.9 Å². The van der Waals surface area contributed by atoms with Gasteiger partial charge in [0.05, 0.1) is 12.2 Å². The maximum atomic E-state index is 14.2. The number of hydrogen-bond acceptors (Lipinski definition) is 3. The molecule has 3 nitrogen and oxygen atoms in total. The summed E-state index contributed by atoms with van der Waals surface area (Å²) in [7, 11) is 0. The first-order valence-electron chi connectivity index (χ1n) is 8.52. The molecule has 6 heteroatoms. The van der Waals surface area contributed by atoms with Crippen molar-refractivity contribution < 1.29 is 23.4 Å². The second kappa shape index (κ2) is 7.68. The van der Waals surface area contributed by atoms with Crippen molar-refractivity contribution in [2.75, 3.05) is 6.61 Å². The fourth-order valence-electron chi connectivity index (χ4n) is 2.91. The van der Waals surface area contributed by atoms with E-state index in [4.69, 9.17) is 9.47 Å². The predicted octanol–water partition coefficient (Wildman–Crippen LogP) is 5.72. The summed E-state index contributed by atoms with van der Waals surface area (Å²) < 4.78 is 39.7. The fourth-order valence-corrected chi connectivity index (χ4v) is 3.90. The lowest BCUT2D eigenvalue weighted by Gasteiger charge is -2.17. The second-order valence-corrected chi connectivity index (χ2v) is 8.55. The van der Waals surface area contributed by atoms with Crippen LogP contribution in [0.2, 0.25) is 0 Å². The molecule has 1 N–H and O–H groups in total. The number of ether oxygens (including phenoxy) is 2. The summed E-state index contributed by atoms with van der Waals surface area (Å²) in [4.78, 5) is 0. The van der Waals surface area contributed by atoms with Gasteiger partial charge in [0, 0.05) is 27.5 Å². The third kappa shape index (κ3) is 4.46. The SMILES string of the molecule is CC(C)(O)CCOc1ccc(F)c(Oc2ccc(F)c3c2CC[C@H]3I)c1. The third-order valence-electron chi connectivity index (χ3n) is 4.33. The molecule has 26 heavy (non-hydrogen) atoms. The van der Waals surface area contributed by atoms with E-state index in [-0.39, 0.29) is 15.5 Å². The minimum Gasteiger partial charge on any atom is -0.493 e. The number of hydrogen-bond donors (Lipinski definition) is 1. The summed E-state index contributed by atoms with van der Waals surface area (Å²) in [6.07, 6.45) is 2.00. The summed E-state index contributed by atoms with van der Waals surface area (Å²) in [5.74, 6) is 0.219. The Morgan fingerprint density at radius 1 is 1.15 bits per heavy atom. The molecule has 1 atom stereocenters. The van der Waals surface area contributed by atoms with Crippen LogP contribution in [0.5, 0.6) is 17.2 Å². The van der Waals surface area contributed by atoms with Gasteiger partial charge in [-0.25, -0.2) is 8.78 Å². The molecule has 0 saturated carbocycles. The quantitative estimate of drug-likeness (QED) is 0.430. The summed E-state index contributed by atoms with van der Waals surface area (Å²) in [6, 6.07) is 7.19. The predicted molar refractivity (Wildman–Crippen MR) is 104 cm³/mol. The molecule has 3 rings (SSSR count). The molecule has 0 aromatic heterocycles. The van der Waals surface area contributed by atoms with Crippen LogP contribution in [-0.4, -0.2) is 17.3 Å². The van der Waals surface area contributed by atoms with Crippen LogP contribution in [0.25, 0.3) is 0 Å². The highest BCUT2D eigenvalue weighted by Gasteiger charge is 2.27. The van der Waals surface area contributed by atoms with Gasteiger partial charge in [0.2, 0.25) is 0 Å². The monoisotopic (exact) mass is 474 g/mol. The lowest BCUT2D eigenvalue weighted by Crippen LogP contribution is -2.21. The van der Waals surface area contributed by atoms with Crippen molar-refractivity contribution in [1.29, 1.82) is 0 Å². The van der Waals surface area contributed by atoms with Gasteiger partial charge in [-0.3, -0.25) is 0 Å². The van der Waals surface area contributed by atoms with Gasteiger partial charge in [0.15, 0.2) is 11.6 Å². The Morgan fingerprint density at radius 2 is 1.88 bits per heavy atom. The van der Waals surface area contributed by atoms with Crippen LogP contribution in [0.1, 0.15) is 41.7 Å². The second-order valence-electron chi connectivity index (χ2n) is 7.05. The van der Waals surface area contributed by atoms with E-state index in [2.05, 4.69) is 22.6 Å². The topological polar surface area (TPSA) is 38.7 Å². The Kier molecular flexibility index (Phi) is 5.72. The molecule has 2 aromatic rings. The molecular weight excluding hydrogens is 453 g/mol. The number of rotatable bonds is 6. The molecular formula is C20H21F2IO3. The van der Waals surface area contributed by atoms with Gasteiger partial charge in [-0.2, -0.15) is 0 Å². The summed E-state index contributed by atoms with van der Waals surface area (Å²) in [5.41, 5.74) is 0.627. The number of fused-ring (bicyclic) bond motifs is 1. The average molecular weight is 474 g/mol. The maximum Gasteiger partial charge on any atom is 0.166 e. The lowest BCUT2D eigenvalue weighted by molar-refractivity contribution is 0.0553. The molecule has 0 bridgehead atoms. The van der Waals surface area contributed by atoms with Gasteiger partial charge in [0.1, 0.15) is 17.3 Å². The number of aliphatic hydroxyl groups is 1. The Balaban J connectivity index is 1.79. The van der Waals surface area contributed by atoms with E-state index in [0.29, 0.717) is 36.5 Å². The molecule has 0 saturated heterocycles. The Morgan fingerprint density at radius 3 is 2.62 bits per heavy atom. The first-order valence-corrected chi connectivity index (χ1v) is 9.77. The van der Waals surface area contributed by atoms with Crippen molar-refractivity contribution in [2.24, 2.45) is 0 Å². The van der Waals surface area contributed by atoms with Crippen molar-refractivity contribution in [2.45, 2.75) is 42.6 Å². The van der Waals surface area contributed by atoms with Gasteiger partial charge in [-0.1, -0.05) is 22.6 Å².